The third kappa shape index (κ3) is 3.73. The molecule has 30 heavy (non-hydrogen) atoms. The number of hydrogen-bond donors (Lipinski definition) is 2. The molecular weight excluding hydrogens is 398 g/mol. The average Bonchev–Trinajstić information content (AvgIpc) is 3.31. The number of benzene rings is 1. The van der Waals surface area contributed by atoms with E-state index in [1.807, 2.05) is 57.2 Å². The molecule has 0 radical (unpaired) electrons. The van der Waals surface area contributed by atoms with Gasteiger partial charge in [0.25, 0.3) is 0 Å². The Hall–Kier alpha value is -3.39. The van der Waals surface area contributed by atoms with Crippen LogP contribution in [0.1, 0.15) is 29.2 Å². The number of thiophene rings is 1. The van der Waals surface area contributed by atoms with Crippen LogP contribution in [0.3, 0.4) is 0 Å². The molecule has 3 aromatic heterocycles. The third-order valence-corrected chi connectivity index (χ3v) is 5.76. The number of nitrogens with one attached hydrogen (secondary N) is 1. The van der Waals surface area contributed by atoms with Crippen LogP contribution < -0.4 is 11.1 Å². The zero-order valence-corrected chi connectivity index (χ0v) is 18.1. The molecule has 0 bridgehead atoms. The van der Waals surface area contributed by atoms with Crippen molar-refractivity contribution in [2.24, 2.45) is 0 Å². The smallest absolute Gasteiger partial charge is 0.350 e. The van der Waals surface area contributed by atoms with Crippen LogP contribution in [-0.4, -0.2) is 33.7 Å². The number of esters is 1. The summed E-state index contributed by atoms with van der Waals surface area (Å²) in [5.74, 6) is 0.218. The number of anilines is 2. The third-order valence-electron chi connectivity index (χ3n) is 4.60. The van der Waals surface area contributed by atoms with E-state index in [0.29, 0.717) is 10.7 Å². The van der Waals surface area contributed by atoms with Crippen LogP contribution in [0, 0.1) is 6.92 Å². The van der Waals surface area contributed by atoms with E-state index < -0.39 is 0 Å². The van der Waals surface area contributed by atoms with Crippen molar-refractivity contribution in [1.82, 2.24) is 14.6 Å². The Morgan fingerprint density at radius 2 is 1.87 bits per heavy atom. The van der Waals surface area contributed by atoms with E-state index in [2.05, 4.69) is 15.4 Å². The van der Waals surface area contributed by atoms with Gasteiger partial charge in [0.05, 0.1) is 18.5 Å². The Kier molecular flexibility index (Phi) is 5.17. The maximum atomic E-state index is 12.2. The van der Waals surface area contributed by atoms with Crippen LogP contribution in [0.2, 0.25) is 0 Å². The first-order valence-electron chi connectivity index (χ1n) is 9.58. The predicted octanol–water partition coefficient (Wildman–Crippen LogP) is 4.62. The average molecular weight is 422 g/mol. The fraction of sp³-hybridized carbons (Fsp3) is 0.227. The highest BCUT2D eigenvalue weighted by Crippen LogP contribution is 2.36. The van der Waals surface area contributed by atoms with Gasteiger partial charge in [-0.15, -0.1) is 11.3 Å². The SMILES string of the molecule is COC(=O)c1sc(-c2ccc(-c3cc4nc(C)cc(N)n4n3)cc2)cc1NC(C)C. The van der Waals surface area contributed by atoms with Gasteiger partial charge < -0.3 is 15.8 Å². The van der Waals surface area contributed by atoms with Crippen molar-refractivity contribution >= 4 is 34.5 Å². The highest BCUT2D eigenvalue weighted by molar-refractivity contribution is 7.18. The lowest BCUT2D eigenvalue weighted by molar-refractivity contribution is 0.0607. The summed E-state index contributed by atoms with van der Waals surface area (Å²) in [5.41, 5.74) is 11.2. The normalized spacial score (nSPS) is 11.2. The van der Waals surface area contributed by atoms with Gasteiger partial charge in [0.15, 0.2) is 5.65 Å². The molecule has 0 aliphatic heterocycles. The van der Waals surface area contributed by atoms with Crippen LogP contribution in [0.25, 0.3) is 27.3 Å². The Morgan fingerprint density at radius 3 is 2.53 bits per heavy atom. The quantitative estimate of drug-likeness (QED) is 0.457. The molecule has 7 nitrogen and oxygen atoms in total. The van der Waals surface area contributed by atoms with Gasteiger partial charge in [-0.2, -0.15) is 9.61 Å². The van der Waals surface area contributed by atoms with Gasteiger partial charge in [0.1, 0.15) is 10.7 Å². The summed E-state index contributed by atoms with van der Waals surface area (Å²) in [4.78, 5) is 18.2. The second-order valence-electron chi connectivity index (χ2n) is 7.34. The molecule has 8 heteroatoms. The first-order valence-corrected chi connectivity index (χ1v) is 10.4. The first kappa shape index (κ1) is 19.9. The molecule has 3 N–H and O–H groups in total. The van der Waals surface area contributed by atoms with Gasteiger partial charge >= 0.3 is 5.97 Å². The number of carbonyl (C=O) groups excluding carboxylic acids is 1. The van der Waals surface area contributed by atoms with Crippen molar-refractivity contribution in [2.75, 3.05) is 18.2 Å². The summed E-state index contributed by atoms with van der Waals surface area (Å²) in [5, 5.41) is 7.89. The lowest BCUT2D eigenvalue weighted by atomic mass is 10.1. The summed E-state index contributed by atoms with van der Waals surface area (Å²) in [6.45, 7) is 5.97. The number of hydrogen-bond acceptors (Lipinski definition) is 7. The summed E-state index contributed by atoms with van der Waals surface area (Å²) in [6.07, 6.45) is 0. The number of aromatic nitrogens is 3. The van der Waals surface area contributed by atoms with Gasteiger partial charge in [0, 0.05) is 34.3 Å². The van der Waals surface area contributed by atoms with E-state index in [0.717, 1.165) is 38.7 Å². The fourth-order valence-corrected chi connectivity index (χ4v) is 4.32. The van der Waals surface area contributed by atoms with Crippen molar-refractivity contribution in [3.8, 4) is 21.7 Å². The molecule has 0 fully saturated rings. The number of carbonyl (C=O) groups is 1. The Bertz CT molecular complexity index is 1220. The Balaban J connectivity index is 1.68. The van der Waals surface area contributed by atoms with Crippen LogP contribution in [0.4, 0.5) is 11.5 Å². The topological polar surface area (TPSA) is 94.5 Å². The molecule has 4 aromatic rings. The lowest BCUT2D eigenvalue weighted by Crippen LogP contribution is -2.12. The largest absolute Gasteiger partial charge is 0.465 e. The molecule has 154 valence electrons. The molecule has 0 aliphatic carbocycles. The number of ether oxygens (including phenoxy) is 1. The van der Waals surface area contributed by atoms with Gasteiger partial charge in [-0.3, -0.25) is 0 Å². The summed E-state index contributed by atoms with van der Waals surface area (Å²) >= 11 is 1.41. The zero-order valence-electron chi connectivity index (χ0n) is 17.3. The molecule has 0 atom stereocenters. The molecule has 0 spiro atoms. The molecule has 4 rings (SSSR count). The van der Waals surface area contributed by atoms with Gasteiger partial charge in [-0.1, -0.05) is 24.3 Å². The molecule has 1 aromatic carbocycles. The van der Waals surface area contributed by atoms with Crippen molar-refractivity contribution < 1.29 is 9.53 Å². The molecule has 0 saturated carbocycles. The zero-order chi connectivity index (χ0) is 21.4. The number of rotatable bonds is 5. The van der Waals surface area contributed by atoms with E-state index in [4.69, 9.17) is 10.5 Å². The maximum Gasteiger partial charge on any atom is 0.350 e. The lowest BCUT2D eigenvalue weighted by Gasteiger charge is -2.09. The number of fused-ring (bicyclic) bond motifs is 1. The summed E-state index contributed by atoms with van der Waals surface area (Å²) in [7, 11) is 1.40. The monoisotopic (exact) mass is 421 g/mol. The Morgan fingerprint density at radius 1 is 1.17 bits per heavy atom. The number of nitrogen functional groups attached to an aromatic ring is 1. The van der Waals surface area contributed by atoms with Crippen molar-refractivity contribution in [1.29, 1.82) is 0 Å². The standard InChI is InChI=1S/C22H23N5O2S/c1-12(2)24-17-10-18(30-21(17)22(28)29-4)15-7-5-14(6-8-15)16-11-20-25-13(3)9-19(23)27(20)26-16/h5-12,24H,23H2,1-4H3. The maximum absolute atomic E-state index is 12.2. The van der Waals surface area contributed by atoms with E-state index in [9.17, 15) is 4.79 Å². The predicted molar refractivity (Wildman–Crippen MR) is 121 cm³/mol. The molecule has 3 heterocycles. The van der Waals surface area contributed by atoms with Gasteiger partial charge in [-0.25, -0.2) is 9.78 Å². The highest BCUT2D eigenvalue weighted by Gasteiger charge is 2.18. The minimum absolute atomic E-state index is 0.206. The second-order valence-corrected chi connectivity index (χ2v) is 8.40. The van der Waals surface area contributed by atoms with Gasteiger partial charge in [0.2, 0.25) is 0 Å². The molecular formula is C22H23N5O2S. The fourth-order valence-electron chi connectivity index (χ4n) is 3.27. The van der Waals surface area contributed by atoms with Crippen molar-refractivity contribution in [2.45, 2.75) is 26.8 Å². The number of aryl methyl sites for hydroxylation is 1. The van der Waals surface area contributed by atoms with E-state index >= 15 is 0 Å². The van der Waals surface area contributed by atoms with Crippen molar-refractivity contribution in [3.63, 3.8) is 0 Å². The van der Waals surface area contributed by atoms with Gasteiger partial charge in [-0.05, 0) is 32.4 Å². The van der Waals surface area contributed by atoms with E-state index in [1.54, 1.807) is 10.6 Å². The summed E-state index contributed by atoms with van der Waals surface area (Å²) < 4.78 is 6.58. The van der Waals surface area contributed by atoms with Crippen molar-refractivity contribution in [3.05, 3.63) is 53.0 Å². The molecule has 0 aliphatic rings. The minimum Gasteiger partial charge on any atom is -0.465 e. The van der Waals surface area contributed by atoms with E-state index in [1.165, 1.54) is 18.4 Å². The van der Waals surface area contributed by atoms with Crippen LogP contribution in [-0.2, 0) is 4.74 Å². The minimum atomic E-state index is -0.337. The molecule has 0 saturated heterocycles. The number of nitrogens with zero attached hydrogens (tertiary/aromatic N) is 3. The number of nitrogens with two attached hydrogens (primary N) is 1. The van der Waals surface area contributed by atoms with Crippen LogP contribution in [0.15, 0.2) is 42.5 Å². The Labute approximate surface area is 178 Å². The van der Waals surface area contributed by atoms with Crippen LogP contribution >= 0.6 is 11.3 Å². The summed E-state index contributed by atoms with van der Waals surface area (Å²) in [6, 6.07) is 14.0. The molecule has 0 amide bonds. The van der Waals surface area contributed by atoms with Crippen LogP contribution in [0.5, 0.6) is 0 Å². The highest BCUT2D eigenvalue weighted by atomic mass is 32.1. The van der Waals surface area contributed by atoms with E-state index in [-0.39, 0.29) is 12.0 Å². The second kappa shape index (κ2) is 7.79. The molecule has 0 unspecified atom stereocenters. The number of methoxy groups -OCH3 is 1. The first-order chi connectivity index (χ1) is 14.4.